The quantitative estimate of drug-likeness (QED) is 0.793. The summed E-state index contributed by atoms with van der Waals surface area (Å²) in [7, 11) is -0.506. The molecular formula is C12H18OS. The van der Waals surface area contributed by atoms with Crippen molar-refractivity contribution in [1.29, 1.82) is 0 Å². The van der Waals surface area contributed by atoms with E-state index in [1.54, 1.807) is 0 Å². The Morgan fingerprint density at radius 3 is 2.21 bits per heavy atom. The van der Waals surface area contributed by atoms with Crippen molar-refractivity contribution in [3.05, 3.63) is 24.3 Å². The van der Waals surface area contributed by atoms with Crippen LogP contribution < -0.4 is 0 Å². The molecule has 1 aliphatic heterocycles. The summed E-state index contributed by atoms with van der Waals surface area (Å²) in [6.45, 7) is 2.31. The van der Waals surface area contributed by atoms with Crippen molar-refractivity contribution < 1.29 is 5.11 Å². The first-order valence-electron chi connectivity index (χ1n) is 5.32. The number of rotatable bonds is 2. The van der Waals surface area contributed by atoms with Crippen LogP contribution in [0.15, 0.2) is 29.2 Å². The molecule has 0 unspecified atom stereocenters. The Labute approximate surface area is 87.5 Å². The van der Waals surface area contributed by atoms with Crippen molar-refractivity contribution in [2.24, 2.45) is 0 Å². The van der Waals surface area contributed by atoms with Crippen LogP contribution >= 0.6 is 10.0 Å². The summed E-state index contributed by atoms with van der Waals surface area (Å²) in [5.74, 6) is 4.48. The molecule has 0 spiro atoms. The molecule has 14 heavy (non-hydrogen) atoms. The maximum absolute atomic E-state index is 9.27. The Morgan fingerprint density at radius 2 is 1.71 bits per heavy atom. The number of phenols is 1. The normalized spacial score (nSPS) is 22.1. The van der Waals surface area contributed by atoms with Crippen LogP contribution in [-0.2, 0) is 0 Å². The van der Waals surface area contributed by atoms with Crippen LogP contribution in [-0.4, -0.2) is 22.4 Å². The first-order chi connectivity index (χ1) is 6.77. The van der Waals surface area contributed by atoms with Gasteiger partial charge >= 0.3 is 0 Å². The molecule has 1 aromatic rings. The molecule has 0 aromatic heterocycles. The van der Waals surface area contributed by atoms with E-state index in [1.165, 1.54) is 35.0 Å². The van der Waals surface area contributed by atoms with Crippen LogP contribution in [0, 0.1) is 0 Å². The van der Waals surface area contributed by atoms with Gasteiger partial charge in [0.05, 0.1) is 0 Å². The van der Waals surface area contributed by atoms with Crippen LogP contribution in [0.25, 0.3) is 0 Å². The Hall–Kier alpha value is -0.630. The summed E-state index contributed by atoms with van der Waals surface area (Å²) in [6.07, 6.45) is 2.79. The highest BCUT2D eigenvalue weighted by Crippen LogP contribution is 2.60. The van der Waals surface area contributed by atoms with Gasteiger partial charge in [0.15, 0.2) is 0 Å². The molecule has 0 atom stereocenters. The van der Waals surface area contributed by atoms with E-state index in [4.69, 9.17) is 0 Å². The van der Waals surface area contributed by atoms with E-state index < -0.39 is 10.0 Å². The minimum atomic E-state index is -0.506. The monoisotopic (exact) mass is 210 g/mol. The third kappa shape index (κ3) is 1.63. The molecule has 1 saturated heterocycles. The van der Waals surface area contributed by atoms with Crippen molar-refractivity contribution in [2.45, 2.75) is 24.7 Å². The van der Waals surface area contributed by atoms with Gasteiger partial charge in [0.1, 0.15) is 5.75 Å². The predicted octanol–water partition coefficient (Wildman–Crippen LogP) is 3.37. The van der Waals surface area contributed by atoms with Crippen molar-refractivity contribution in [3.8, 4) is 5.75 Å². The highest BCUT2D eigenvalue weighted by molar-refractivity contribution is 8.33. The summed E-state index contributed by atoms with van der Waals surface area (Å²) >= 11 is 0. The van der Waals surface area contributed by atoms with Crippen LogP contribution in [0.1, 0.15) is 19.8 Å². The largest absolute Gasteiger partial charge is 0.508 e. The van der Waals surface area contributed by atoms with E-state index in [0.29, 0.717) is 5.75 Å². The zero-order chi connectivity index (χ0) is 10.0. The third-order valence-corrected chi connectivity index (χ3v) is 7.73. The predicted molar refractivity (Wildman–Crippen MR) is 63.5 cm³/mol. The van der Waals surface area contributed by atoms with Gasteiger partial charge in [-0.15, -0.1) is 0 Å². The molecule has 78 valence electrons. The fraction of sp³-hybridized carbons (Fsp3) is 0.500. The Morgan fingerprint density at radius 1 is 1.14 bits per heavy atom. The van der Waals surface area contributed by atoms with Gasteiger partial charge in [-0.3, -0.25) is 0 Å². The molecule has 0 radical (unpaired) electrons. The summed E-state index contributed by atoms with van der Waals surface area (Å²) in [5.41, 5.74) is 0. The molecule has 1 heterocycles. The fourth-order valence-corrected chi connectivity index (χ4v) is 6.10. The maximum atomic E-state index is 9.27. The molecule has 0 bridgehead atoms. The second kappa shape index (κ2) is 3.85. The summed E-state index contributed by atoms with van der Waals surface area (Å²) in [5, 5.41) is 9.27. The molecule has 1 aliphatic rings. The minimum Gasteiger partial charge on any atom is -0.508 e. The third-order valence-electron chi connectivity index (χ3n) is 3.21. The molecule has 1 aromatic carbocycles. The van der Waals surface area contributed by atoms with Gasteiger partial charge in [-0.05, 0) is 59.3 Å². The number of hydrogen-bond donors (Lipinski definition) is 1. The lowest BCUT2D eigenvalue weighted by Gasteiger charge is -2.34. The summed E-state index contributed by atoms with van der Waals surface area (Å²) < 4.78 is 0. The smallest absolute Gasteiger partial charge is 0.115 e. The molecule has 2 heteroatoms. The van der Waals surface area contributed by atoms with Gasteiger partial charge in [-0.1, -0.05) is 6.92 Å². The zero-order valence-electron chi connectivity index (χ0n) is 8.70. The molecule has 1 N–H and O–H groups in total. The average molecular weight is 210 g/mol. The van der Waals surface area contributed by atoms with Crippen LogP contribution in [0.5, 0.6) is 5.75 Å². The summed E-state index contributed by atoms with van der Waals surface area (Å²) in [4.78, 5) is 1.50. The molecule has 1 fully saturated rings. The topological polar surface area (TPSA) is 20.2 Å². The average Bonchev–Trinajstić information content (AvgIpc) is 2.68. The molecule has 0 amide bonds. The molecule has 0 aliphatic carbocycles. The lowest BCUT2D eigenvalue weighted by atomic mass is 10.3. The fourth-order valence-electron chi connectivity index (χ4n) is 2.28. The van der Waals surface area contributed by atoms with E-state index in [0.717, 1.165) is 0 Å². The van der Waals surface area contributed by atoms with Gasteiger partial charge in [0.25, 0.3) is 0 Å². The van der Waals surface area contributed by atoms with Gasteiger partial charge in [-0.25, -0.2) is 10.0 Å². The zero-order valence-corrected chi connectivity index (χ0v) is 9.52. The lowest BCUT2D eigenvalue weighted by Crippen LogP contribution is -2.05. The van der Waals surface area contributed by atoms with E-state index in [1.807, 2.05) is 12.1 Å². The van der Waals surface area contributed by atoms with Crippen LogP contribution in [0.3, 0.4) is 0 Å². The number of aromatic hydroxyl groups is 1. The van der Waals surface area contributed by atoms with E-state index in [9.17, 15) is 5.11 Å². The molecule has 1 nitrogen and oxygen atoms in total. The first-order valence-corrected chi connectivity index (χ1v) is 7.46. The number of hydrogen-bond acceptors (Lipinski definition) is 1. The molecule has 2 rings (SSSR count). The van der Waals surface area contributed by atoms with Crippen molar-refractivity contribution in [3.63, 3.8) is 0 Å². The highest BCUT2D eigenvalue weighted by atomic mass is 32.3. The number of benzene rings is 1. The second-order valence-electron chi connectivity index (χ2n) is 3.94. The van der Waals surface area contributed by atoms with Gasteiger partial charge in [-0.2, -0.15) is 0 Å². The standard InChI is InChI=1S/C12H18OS/c1-2-14(9-3-4-10-14)12-7-5-11(13)6-8-12/h5-8,13H,2-4,9-10H2,1H3. The van der Waals surface area contributed by atoms with Crippen molar-refractivity contribution in [2.75, 3.05) is 17.3 Å². The van der Waals surface area contributed by atoms with Crippen LogP contribution in [0.4, 0.5) is 0 Å². The summed E-state index contributed by atoms with van der Waals surface area (Å²) in [6, 6.07) is 7.91. The first kappa shape index (κ1) is 9.91. The lowest BCUT2D eigenvalue weighted by molar-refractivity contribution is 0.475. The van der Waals surface area contributed by atoms with E-state index >= 15 is 0 Å². The molecular weight excluding hydrogens is 192 g/mol. The van der Waals surface area contributed by atoms with Crippen molar-refractivity contribution in [1.82, 2.24) is 0 Å². The van der Waals surface area contributed by atoms with Gasteiger partial charge < -0.3 is 5.11 Å². The van der Waals surface area contributed by atoms with E-state index in [-0.39, 0.29) is 0 Å². The minimum absolute atomic E-state index is 0.386. The molecule has 0 saturated carbocycles. The SMILES string of the molecule is CCS1(c2ccc(O)cc2)CCCC1. The van der Waals surface area contributed by atoms with Crippen LogP contribution in [0.2, 0.25) is 0 Å². The Bertz CT molecular complexity index is 299. The Balaban J connectivity index is 2.31. The van der Waals surface area contributed by atoms with Crippen molar-refractivity contribution >= 4 is 10.0 Å². The number of phenolic OH excluding ortho intramolecular Hbond substituents is 1. The van der Waals surface area contributed by atoms with Gasteiger partial charge in [0.2, 0.25) is 0 Å². The van der Waals surface area contributed by atoms with E-state index in [2.05, 4.69) is 19.1 Å². The second-order valence-corrected chi connectivity index (χ2v) is 7.90. The van der Waals surface area contributed by atoms with Gasteiger partial charge in [0, 0.05) is 0 Å². The maximum Gasteiger partial charge on any atom is 0.115 e. The highest BCUT2D eigenvalue weighted by Gasteiger charge is 2.28. The Kier molecular flexibility index (Phi) is 2.73.